The maximum Gasteiger partial charge on any atom is 0.173 e. The van der Waals surface area contributed by atoms with Gasteiger partial charge in [0, 0.05) is 19.3 Å². The zero-order valence-corrected chi connectivity index (χ0v) is 14.1. The van der Waals surface area contributed by atoms with Crippen molar-refractivity contribution in [2.75, 3.05) is 19.5 Å². The fourth-order valence-electron chi connectivity index (χ4n) is 2.12. The van der Waals surface area contributed by atoms with Crippen molar-refractivity contribution < 1.29 is 4.74 Å². The number of ether oxygens (including phenoxy) is 1. The number of benzene rings is 2. The lowest BCUT2D eigenvalue weighted by Crippen LogP contribution is -2.30. The smallest absolute Gasteiger partial charge is 0.173 e. The quantitative estimate of drug-likeness (QED) is 0.840. The summed E-state index contributed by atoms with van der Waals surface area (Å²) in [4.78, 5) is 2.03. The Balaban J connectivity index is 1.92. The minimum atomic E-state index is 0.699. The molecular formula is C18H22N2OS. The molecule has 4 heteroatoms. The predicted octanol–water partition coefficient (Wildman–Crippen LogP) is 4.09. The number of thiocarbonyl (C=S) groups is 1. The predicted molar refractivity (Wildman–Crippen MR) is 96.5 cm³/mol. The van der Waals surface area contributed by atoms with E-state index in [0.717, 1.165) is 24.4 Å². The van der Waals surface area contributed by atoms with Crippen molar-refractivity contribution in [1.82, 2.24) is 4.90 Å². The molecule has 0 aliphatic heterocycles. The topological polar surface area (TPSA) is 24.5 Å². The first-order chi connectivity index (χ1) is 10.6. The van der Waals surface area contributed by atoms with Crippen LogP contribution in [0, 0.1) is 0 Å². The maximum absolute atomic E-state index is 5.45. The first-order valence-corrected chi connectivity index (χ1v) is 7.77. The molecule has 0 aromatic heterocycles. The zero-order chi connectivity index (χ0) is 15.9. The van der Waals surface area contributed by atoms with Gasteiger partial charge in [0.05, 0.1) is 7.11 Å². The second-order valence-electron chi connectivity index (χ2n) is 5.18. The Morgan fingerprint density at radius 3 is 2.18 bits per heavy atom. The molecule has 116 valence electrons. The Labute approximate surface area is 137 Å². The highest BCUT2D eigenvalue weighted by Gasteiger charge is 2.06. The van der Waals surface area contributed by atoms with Crippen LogP contribution in [0.25, 0.3) is 0 Å². The number of nitrogens with zero attached hydrogens (tertiary/aromatic N) is 1. The van der Waals surface area contributed by atoms with E-state index in [-0.39, 0.29) is 0 Å². The van der Waals surface area contributed by atoms with Gasteiger partial charge in [-0.3, -0.25) is 0 Å². The Hall–Kier alpha value is -2.07. The highest BCUT2D eigenvalue weighted by molar-refractivity contribution is 7.80. The Morgan fingerprint density at radius 2 is 1.64 bits per heavy atom. The molecule has 0 bridgehead atoms. The van der Waals surface area contributed by atoms with Crippen LogP contribution in [0.4, 0.5) is 5.69 Å². The molecule has 2 aromatic carbocycles. The van der Waals surface area contributed by atoms with Crippen molar-refractivity contribution in [2.24, 2.45) is 0 Å². The van der Waals surface area contributed by atoms with Crippen molar-refractivity contribution in [1.29, 1.82) is 0 Å². The Morgan fingerprint density at radius 1 is 1.05 bits per heavy atom. The molecule has 0 heterocycles. The number of aryl methyl sites for hydroxylation is 1. The molecule has 0 saturated heterocycles. The molecule has 0 spiro atoms. The molecule has 1 N–H and O–H groups in total. The average molecular weight is 314 g/mol. The Bertz CT molecular complexity index is 608. The van der Waals surface area contributed by atoms with Gasteiger partial charge in [0.1, 0.15) is 5.75 Å². The third-order valence-electron chi connectivity index (χ3n) is 3.54. The van der Waals surface area contributed by atoms with Gasteiger partial charge in [-0.2, -0.15) is 0 Å². The lowest BCUT2D eigenvalue weighted by atomic mass is 10.1. The van der Waals surface area contributed by atoms with E-state index in [4.69, 9.17) is 17.0 Å². The minimum Gasteiger partial charge on any atom is -0.497 e. The third-order valence-corrected chi connectivity index (χ3v) is 3.95. The van der Waals surface area contributed by atoms with Gasteiger partial charge in [0.15, 0.2) is 5.11 Å². The molecular weight excluding hydrogens is 292 g/mol. The number of rotatable bonds is 5. The van der Waals surface area contributed by atoms with Crippen molar-refractivity contribution in [3.63, 3.8) is 0 Å². The van der Waals surface area contributed by atoms with E-state index in [0.29, 0.717) is 5.11 Å². The van der Waals surface area contributed by atoms with Crippen LogP contribution in [0.5, 0.6) is 5.75 Å². The molecule has 0 fully saturated rings. The normalized spacial score (nSPS) is 10.1. The van der Waals surface area contributed by atoms with Crippen LogP contribution in [-0.4, -0.2) is 24.2 Å². The van der Waals surface area contributed by atoms with E-state index in [1.807, 2.05) is 36.2 Å². The summed E-state index contributed by atoms with van der Waals surface area (Å²) in [5.74, 6) is 0.834. The Kier molecular flexibility index (Phi) is 5.78. The lowest BCUT2D eigenvalue weighted by Gasteiger charge is -2.21. The standard InChI is InChI=1S/C18H22N2OS/c1-4-14-5-7-15(8-6-14)13-20(2)18(22)19-16-9-11-17(21-3)12-10-16/h5-12H,4,13H2,1-3H3,(H,19,22). The number of hydrogen-bond acceptors (Lipinski definition) is 2. The van der Waals surface area contributed by atoms with Crippen LogP contribution in [0.2, 0.25) is 0 Å². The fraction of sp³-hybridized carbons (Fsp3) is 0.278. The fourth-order valence-corrected chi connectivity index (χ4v) is 2.30. The number of hydrogen-bond donors (Lipinski definition) is 1. The van der Waals surface area contributed by atoms with Crippen LogP contribution in [0.3, 0.4) is 0 Å². The van der Waals surface area contributed by atoms with Gasteiger partial charge < -0.3 is 15.0 Å². The van der Waals surface area contributed by atoms with Crippen LogP contribution in [-0.2, 0) is 13.0 Å². The van der Waals surface area contributed by atoms with E-state index < -0.39 is 0 Å². The zero-order valence-electron chi connectivity index (χ0n) is 13.3. The summed E-state index contributed by atoms with van der Waals surface area (Å²) in [6.07, 6.45) is 1.06. The second-order valence-corrected chi connectivity index (χ2v) is 5.57. The highest BCUT2D eigenvalue weighted by atomic mass is 32.1. The average Bonchev–Trinajstić information content (AvgIpc) is 2.56. The highest BCUT2D eigenvalue weighted by Crippen LogP contribution is 2.16. The van der Waals surface area contributed by atoms with Crippen molar-refractivity contribution in [3.05, 3.63) is 59.7 Å². The molecule has 3 nitrogen and oxygen atoms in total. The first kappa shape index (κ1) is 16.3. The van der Waals surface area contributed by atoms with Gasteiger partial charge in [-0.25, -0.2) is 0 Å². The van der Waals surface area contributed by atoms with Crippen molar-refractivity contribution in [3.8, 4) is 5.75 Å². The summed E-state index contributed by atoms with van der Waals surface area (Å²) < 4.78 is 5.15. The molecule has 0 unspecified atom stereocenters. The van der Waals surface area contributed by atoms with E-state index in [9.17, 15) is 0 Å². The number of anilines is 1. The lowest BCUT2D eigenvalue weighted by molar-refractivity contribution is 0.415. The molecule has 0 amide bonds. The van der Waals surface area contributed by atoms with E-state index in [1.54, 1.807) is 7.11 Å². The van der Waals surface area contributed by atoms with Crippen molar-refractivity contribution in [2.45, 2.75) is 19.9 Å². The molecule has 22 heavy (non-hydrogen) atoms. The summed E-state index contributed by atoms with van der Waals surface area (Å²) in [7, 11) is 3.65. The first-order valence-electron chi connectivity index (χ1n) is 7.36. The summed E-state index contributed by atoms with van der Waals surface area (Å²) in [5.41, 5.74) is 3.56. The largest absolute Gasteiger partial charge is 0.497 e. The summed E-state index contributed by atoms with van der Waals surface area (Å²) >= 11 is 5.45. The molecule has 0 saturated carbocycles. The van der Waals surface area contributed by atoms with E-state index in [1.165, 1.54) is 11.1 Å². The monoisotopic (exact) mass is 314 g/mol. The van der Waals surface area contributed by atoms with Gasteiger partial charge in [0.25, 0.3) is 0 Å². The van der Waals surface area contributed by atoms with Crippen molar-refractivity contribution >= 4 is 23.0 Å². The number of methoxy groups -OCH3 is 1. The van der Waals surface area contributed by atoms with Crippen LogP contribution < -0.4 is 10.1 Å². The maximum atomic E-state index is 5.45. The number of nitrogens with one attached hydrogen (secondary N) is 1. The summed E-state index contributed by atoms with van der Waals surface area (Å²) in [6, 6.07) is 16.4. The van der Waals surface area contributed by atoms with E-state index in [2.05, 4.69) is 36.5 Å². The second kappa shape index (κ2) is 7.80. The summed E-state index contributed by atoms with van der Waals surface area (Å²) in [6.45, 7) is 2.95. The summed E-state index contributed by atoms with van der Waals surface area (Å²) in [5, 5.41) is 3.94. The molecule has 2 rings (SSSR count). The molecule has 2 aromatic rings. The van der Waals surface area contributed by atoms with Gasteiger partial charge in [-0.05, 0) is 54.0 Å². The minimum absolute atomic E-state index is 0.699. The van der Waals surface area contributed by atoms with Crippen LogP contribution in [0.1, 0.15) is 18.1 Å². The SMILES string of the molecule is CCc1ccc(CN(C)C(=S)Nc2ccc(OC)cc2)cc1. The van der Waals surface area contributed by atoms with Gasteiger partial charge >= 0.3 is 0 Å². The van der Waals surface area contributed by atoms with E-state index >= 15 is 0 Å². The van der Waals surface area contributed by atoms with Crippen LogP contribution in [0.15, 0.2) is 48.5 Å². The molecule has 0 aliphatic rings. The van der Waals surface area contributed by atoms with Crippen LogP contribution >= 0.6 is 12.2 Å². The van der Waals surface area contributed by atoms with Gasteiger partial charge in [0.2, 0.25) is 0 Å². The van der Waals surface area contributed by atoms with Gasteiger partial charge in [-0.15, -0.1) is 0 Å². The molecule has 0 aliphatic carbocycles. The van der Waals surface area contributed by atoms with Gasteiger partial charge in [-0.1, -0.05) is 31.2 Å². The molecule has 0 atom stereocenters. The third kappa shape index (κ3) is 4.46. The molecule has 0 radical (unpaired) electrons.